The zero-order chi connectivity index (χ0) is 11.7. The van der Waals surface area contributed by atoms with Crippen LogP contribution in [-0.2, 0) is 0 Å². The van der Waals surface area contributed by atoms with Crippen LogP contribution in [0.15, 0.2) is 34.9 Å². The van der Waals surface area contributed by atoms with Crippen molar-refractivity contribution in [3.05, 3.63) is 52.1 Å². The predicted molar refractivity (Wildman–Crippen MR) is 62.0 cm³/mol. The Bertz CT molecular complexity index is 541. The molecule has 0 amide bonds. The summed E-state index contributed by atoms with van der Waals surface area (Å²) in [6.45, 7) is 1.52. The summed E-state index contributed by atoms with van der Waals surface area (Å²) in [6.07, 6.45) is 0. The van der Waals surface area contributed by atoms with Crippen LogP contribution in [0.4, 0.5) is 8.78 Å². The maximum absolute atomic E-state index is 13.6. The minimum absolute atomic E-state index is 0.171. The lowest BCUT2D eigenvalue weighted by Gasteiger charge is -2.05. The van der Waals surface area contributed by atoms with Crippen molar-refractivity contribution in [3.63, 3.8) is 0 Å². The molecule has 0 N–H and O–H groups in total. The van der Waals surface area contributed by atoms with Gasteiger partial charge < -0.3 is 0 Å². The number of aryl methyl sites for hydroxylation is 1. The molecule has 0 aliphatic carbocycles. The molecule has 0 aliphatic rings. The fourth-order valence-electron chi connectivity index (χ4n) is 1.40. The van der Waals surface area contributed by atoms with Gasteiger partial charge >= 0.3 is 0 Å². The van der Waals surface area contributed by atoms with Gasteiger partial charge in [-0.2, -0.15) is 0 Å². The van der Waals surface area contributed by atoms with Crippen LogP contribution in [0.3, 0.4) is 0 Å². The second kappa shape index (κ2) is 4.29. The van der Waals surface area contributed by atoms with E-state index in [0.717, 1.165) is 0 Å². The summed E-state index contributed by atoms with van der Waals surface area (Å²) in [5, 5.41) is 0. The first-order valence-electron chi connectivity index (χ1n) is 4.67. The van der Waals surface area contributed by atoms with Crippen LogP contribution < -0.4 is 0 Å². The Morgan fingerprint density at radius 2 is 1.81 bits per heavy atom. The summed E-state index contributed by atoms with van der Waals surface area (Å²) in [4.78, 5) is 4.09. The van der Waals surface area contributed by atoms with Crippen molar-refractivity contribution in [2.75, 3.05) is 0 Å². The van der Waals surface area contributed by atoms with Crippen LogP contribution in [0.1, 0.15) is 5.56 Å². The van der Waals surface area contributed by atoms with Crippen molar-refractivity contribution in [2.45, 2.75) is 6.92 Å². The number of pyridine rings is 1. The summed E-state index contributed by atoms with van der Waals surface area (Å²) in [6, 6.07) is 8.16. The Balaban J connectivity index is 2.61. The molecule has 0 spiro atoms. The van der Waals surface area contributed by atoms with Crippen LogP contribution in [0.5, 0.6) is 0 Å². The first-order chi connectivity index (χ1) is 7.59. The Kier molecular flexibility index (Phi) is 3.01. The average molecular weight is 284 g/mol. The van der Waals surface area contributed by atoms with Gasteiger partial charge in [-0.3, -0.25) is 0 Å². The standard InChI is InChI=1S/C12H8BrF2N/c1-7-5-6-8(12(15)11(7)14)9-3-2-4-10(13)16-9/h2-6H,1H3. The molecule has 0 fully saturated rings. The number of benzene rings is 1. The Labute approximate surface area is 100 Å². The van der Waals surface area contributed by atoms with Gasteiger partial charge in [-0.25, -0.2) is 13.8 Å². The van der Waals surface area contributed by atoms with Gasteiger partial charge in [0.05, 0.1) is 5.69 Å². The molecule has 1 aromatic heterocycles. The van der Waals surface area contributed by atoms with Crippen LogP contribution in [0, 0.1) is 18.6 Å². The van der Waals surface area contributed by atoms with Gasteiger partial charge in [0.15, 0.2) is 11.6 Å². The molecule has 1 heterocycles. The van der Waals surface area contributed by atoms with E-state index in [1.807, 2.05) is 0 Å². The van der Waals surface area contributed by atoms with E-state index in [-0.39, 0.29) is 11.1 Å². The maximum Gasteiger partial charge on any atom is 0.168 e. The molecule has 0 aliphatic heterocycles. The van der Waals surface area contributed by atoms with Gasteiger partial charge in [0.1, 0.15) is 4.60 Å². The van der Waals surface area contributed by atoms with Crippen molar-refractivity contribution in [2.24, 2.45) is 0 Å². The van der Waals surface area contributed by atoms with Crippen molar-refractivity contribution >= 4 is 15.9 Å². The molecule has 1 aromatic carbocycles. The highest BCUT2D eigenvalue weighted by Crippen LogP contribution is 2.25. The molecule has 0 radical (unpaired) electrons. The average Bonchev–Trinajstić information content (AvgIpc) is 2.26. The largest absolute Gasteiger partial charge is 0.241 e. The Morgan fingerprint density at radius 3 is 2.50 bits per heavy atom. The topological polar surface area (TPSA) is 12.9 Å². The monoisotopic (exact) mass is 283 g/mol. The summed E-state index contributed by atoms with van der Waals surface area (Å²) in [5.74, 6) is -1.68. The summed E-state index contributed by atoms with van der Waals surface area (Å²) < 4.78 is 27.6. The fourth-order valence-corrected chi connectivity index (χ4v) is 1.75. The highest BCUT2D eigenvalue weighted by atomic mass is 79.9. The number of hydrogen-bond acceptors (Lipinski definition) is 1. The highest BCUT2D eigenvalue weighted by molar-refractivity contribution is 9.10. The quantitative estimate of drug-likeness (QED) is 0.718. The van der Waals surface area contributed by atoms with Gasteiger partial charge in [0.2, 0.25) is 0 Å². The van der Waals surface area contributed by atoms with E-state index < -0.39 is 11.6 Å². The van der Waals surface area contributed by atoms with Gasteiger partial charge in [-0.15, -0.1) is 0 Å². The van der Waals surface area contributed by atoms with E-state index in [0.29, 0.717) is 10.3 Å². The Hall–Kier alpha value is -1.29. The zero-order valence-electron chi connectivity index (χ0n) is 8.47. The molecule has 0 saturated carbocycles. The minimum Gasteiger partial charge on any atom is -0.241 e. The second-order valence-electron chi connectivity index (χ2n) is 3.40. The molecule has 2 aromatic rings. The van der Waals surface area contributed by atoms with E-state index in [9.17, 15) is 8.78 Å². The lowest BCUT2D eigenvalue weighted by molar-refractivity contribution is 0.505. The lowest BCUT2D eigenvalue weighted by Crippen LogP contribution is -1.94. The van der Waals surface area contributed by atoms with Crippen LogP contribution >= 0.6 is 15.9 Å². The van der Waals surface area contributed by atoms with Gasteiger partial charge in [-0.05, 0) is 46.6 Å². The van der Waals surface area contributed by atoms with Crippen molar-refractivity contribution in [3.8, 4) is 11.3 Å². The number of nitrogens with zero attached hydrogens (tertiary/aromatic N) is 1. The first kappa shape index (κ1) is 11.2. The molecule has 16 heavy (non-hydrogen) atoms. The number of hydrogen-bond donors (Lipinski definition) is 0. The molecule has 0 saturated heterocycles. The van der Waals surface area contributed by atoms with Gasteiger partial charge in [-0.1, -0.05) is 12.1 Å². The summed E-state index contributed by atoms with van der Waals surface area (Å²) in [7, 11) is 0. The van der Waals surface area contributed by atoms with E-state index in [4.69, 9.17) is 0 Å². The zero-order valence-corrected chi connectivity index (χ0v) is 10.1. The Morgan fingerprint density at radius 1 is 1.06 bits per heavy atom. The molecule has 0 bridgehead atoms. The molecule has 4 heteroatoms. The van der Waals surface area contributed by atoms with E-state index >= 15 is 0 Å². The van der Waals surface area contributed by atoms with Crippen LogP contribution in [0.25, 0.3) is 11.3 Å². The smallest absolute Gasteiger partial charge is 0.168 e. The van der Waals surface area contributed by atoms with E-state index in [2.05, 4.69) is 20.9 Å². The van der Waals surface area contributed by atoms with Gasteiger partial charge in [0, 0.05) is 5.56 Å². The number of halogens is 3. The molecule has 1 nitrogen and oxygen atoms in total. The number of rotatable bonds is 1. The van der Waals surface area contributed by atoms with Crippen molar-refractivity contribution < 1.29 is 8.78 Å². The third kappa shape index (κ3) is 1.97. The number of aromatic nitrogens is 1. The molecule has 82 valence electrons. The third-order valence-corrected chi connectivity index (χ3v) is 2.71. The minimum atomic E-state index is -0.856. The normalized spacial score (nSPS) is 10.5. The van der Waals surface area contributed by atoms with Gasteiger partial charge in [0.25, 0.3) is 0 Å². The van der Waals surface area contributed by atoms with Crippen molar-refractivity contribution in [1.29, 1.82) is 0 Å². The summed E-state index contributed by atoms with van der Waals surface area (Å²) >= 11 is 3.19. The SMILES string of the molecule is Cc1ccc(-c2cccc(Br)n2)c(F)c1F. The molecule has 0 unspecified atom stereocenters. The van der Waals surface area contributed by atoms with Crippen LogP contribution in [0.2, 0.25) is 0 Å². The summed E-state index contributed by atoms with van der Waals surface area (Å²) in [5.41, 5.74) is 0.867. The second-order valence-corrected chi connectivity index (χ2v) is 4.22. The molecule has 2 rings (SSSR count). The first-order valence-corrected chi connectivity index (χ1v) is 5.46. The third-order valence-electron chi connectivity index (χ3n) is 2.27. The predicted octanol–water partition coefficient (Wildman–Crippen LogP) is 4.10. The lowest BCUT2D eigenvalue weighted by atomic mass is 10.1. The van der Waals surface area contributed by atoms with E-state index in [1.165, 1.54) is 19.1 Å². The van der Waals surface area contributed by atoms with Crippen molar-refractivity contribution in [1.82, 2.24) is 4.98 Å². The molecule has 0 atom stereocenters. The molecular formula is C12H8BrF2N. The highest BCUT2D eigenvalue weighted by Gasteiger charge is 2.13. The van der Waals surface area contributed by atoms with E-state index in [1.54, 1.807) is 18.2 Å². The molecular weight excluding hydrogens is 276 g/mol. The fraction of sp³-hybridized carbons (Fsp3) is 0.0833. The maximum atomic E-state index is 13.6. The van der Waals surface area contributed by atoms with Crippen LogP contribution in [-0.4, -0.2) is 4.98 Å².